The minimum absolute atomic E-state index is 0.116. The van der Waals surface area contributed by atoms with Crippen molar-refractivity contribution >= 4 is 23.9 Å². The normalized spacial score (nSPS) is 17.4. The molecule has 0 bridgehead atoms. The highest BCUT2D eigenvalue weighted by atomic mass is 16.5. The van der Waals surface area contributed by atoms with Crippen LogP contribution in [0, 0.1) is 0 Å². The number of imide groups is 2. The highest BCUT2D eigenvalue weighted by molar-refractivity contribution is 6.30. The van der Waals surface area contributed by atoms with E-state index in [-0.39, 0.29) is 17.1 Å². The number of likely N-dealkylation sites (N-methyl/N-ethyl adjacent to an activating group) is 1. The Bertz CT molecular complexity index is 636. The number of hydrogen-bond acceptors (Lipinski definition) is 5. The zero-order valence-electron chi connectivity index (χ0n) is 10.8. The zero-order valence-corrected chi connectivity index (χ0v) is 10.8. The Morgan fingerprint density at radius 2 is 2.00 bits per heavy atom. The Balaban J connectivity index is 2.39. The van der Waals surface area contributed by atoms with Crippen molar-refractivity contribution in [2.75, 3.05) is 14.2 Å². The van der Waals surface area contributed by atoms with Crippen molar-refractivity contribution in [3.8, 4) is 11.5 Å². The van der Waals surface area contributed by atoms with Gasteiger partial charge in [0.25, 0.3) is 11.8 Å². The monoisotopic (exact) mass is 276 g/mol. The minimum atomic E-state index is -0.770. The van der Waals surface area contributed by atoms with Gasteiger partial charge in [0, 0.05) is 7.05 Å². The molecule has 4 amide bonds. The van der Waals surface area contributed by atoms with Gasteiger partial charge < -0.3 is 9.84 Å². The first-order chi connectivity index (χ1) is 9.43. The van der Waals surface area contributed by atoms with Gasteiger partial charge in [-0.3, -0.25) is 19.8 Å². The molecule has 0 aliphatic carbocycles. The van der Waals surface area contributed by atoms with Crippen LogP contribution in [0.1, 0.15) is 5.56 Å². The SMILES string of the molecule is COc1ccc(C=C2C(=O)NC(=O)N(C)C2=O)cc1O. The fourth-order valence-electron chi connectivity index (χ4n) is 1.71. The van der Waals surface area contributed by atoms with Gasteiger partial charge in [0.05, 0.1) is 7.11 Å². The van der Waals surface area contributed by atoms with Gasteiger partial charge in [-0.2, -0.15) is 0 Å². The second-order valence-electron chi connectivity index (χ2n) is 4.11. The van der Waals surface area contributed by atoms with E-state index < -0.39 is 17.8 Å². The fourth-order valence-corrected chi connectivity index (χ4v) is 1.71. The molecule has 1 heterocycles. The van der Waals surface area contributed by atoms with E-state index in [1.807, 2.05) is 5.32 Å². The number of carbonyl (C=O) groups is 3. The Hall–Kier alpha value is -2.83. The molecular formula is C13H12N2O5. The molecular weight excluding hydrogens is 264 g/mol. The maximum absolute atomic E-state index is 11.8. The molecule has 1 aromatic rings. The second kappa shape index (κ2) is 5.04. The number of phenolic OH excluding ortho intramolecular Hbond substituents is 1. The summed E-state index contributed by atoms with van der Waals surface area (Å²) in [4.78, 5) is 35.5. The van der Waals surface area contributed by atoms with Crippen LogP contribution in [-0.4, -0.2) is 42.0 Å². The van der Waals surface area contributed by atoms with Crippen molar-refractivity contribution in [2.45, 2.75) is 0 Å². The van der Waals surface area contributed by atoms with E-state index in [4.69, 9.17) is 4.74 Å². The van der Waals surface area contributed by atoms with E-state index in [0.717, 1.165) is 4.90 Å². The molecule has 0 atom stereocenters. The maximum Gasteiger partial charge on any atom is 0.331 e. The molecule has 0 spiro atoms. The average Bonchev–Trinajstić information content (AvgIpc) is 2.41. The average molecular weight is 276 g/mol. The molecule has 0 saturated carbocycles. The number of nitrogens with one attached hydrogen (secondary N) is 1. The van der Waals surface area contributed by atoms with E-state index in [0.29, 0.717) is 5.56 Å². The fraction of sp³-hybridized carbons (Fsp3) is 0.154. The van der Waals surface area contributed by atoms with Crippen LogP contribution in [-0.2, 0) is 9.59 Å². The molecule has 1 aliphatic rings. The van der Waals surface area contributed by atoms with Crippen molar-refractivity contribution in [1.82, 2.24) is 10.2 Å². The van der Waals surface area contributed by atoms with Crippen LogP contribution in [0.4, 0.5) is 4.79 Å². The van der Waals surface area contributed by atoms with E-state index in [1.54, 1.807) is 6.07 Å². The number of hydrogen-bond donors (Lipinski definition) is 2. The van der Waals surface area contributed by atoms with Crippen molar-refractivity contribution in [2.24, 2.45) is 0 Å². The Kier molecular flexibility index (Phi) is 3.43. The van der Waals surface area contributed by atoms with Gasteiger partial charge in [0.15, 0.2) is 11.5 Å². The number of benzene rings is 1. The van der Waals surface area contributed by atoms with Crippen LogP contribution < -0.4 is 10.1 Å². The van der Waals surface area contributed by atoms with E-state index in [2.05, 4.69) is 0 Å². The van der Waals surface area contributed by atoms with Gasteiger partial charge in [-0.25, -0.2) is 4.79 Å². The first kappa shape index (κ1) is 13.6. The minimum Gasteiger partial charge on any atom is -0.504 e. The molecule has 104 valence electrons. The van der Waals surface area contributed by atoms with Crippen molar-refractivity contribution in [3.05, 3.63) is 29.3 Å². The van der Waals surface area contributed by atoms with Crippen molar-refractivity contribution in [3.63, 3.8) is 0 Å². The Labute approximate surface area is 114 Å². The largest absolute Gasteiger partial charge is 0.504 e. The number of methoxy groups -OCH3 is 1. The molecule has 0 aromatic heterocycles. The Morgan fingerprint density at radius 3 is 2.60 bits per heavy atom. The lowest BCUT2D eigenvalue weighted by molar-refractivity contribution is -0.129. The Morgan fingerprint density at radius 1 is 1.30 bits per heavy atom. The number of urea groups is 1. The summed E-state index contributed by atoms with van der Waals surface area (Å²) in [5.41, 5.74) is 0.251. The lowest BCUT2D eigenvalue weighted by Gasteiger charge is -2.22. The molecule has 0 unspecified atom stereocenters. The number of phenols is 1. The summed E-state index contributed by atoms with van der Waals surface area (Å²) in [6, 6.07) is 3.66. The number of aromatic hydroxyl groups is 1. The predicted molar refractivity (Wildman–Crippen MR) is 68.9 cm³/mol. The highest BCUT2D eigenvalue weighted by Gasteiger charge is 2.32. The molecule has 2 N–H and O–H groups in total. The summed E-state index contributed by atoms with van der Waals surface area (Å²) in [6.45, 7) is 0. The first-order valence-corrected chi connectivity index (χ1v) is 5.66. The van der Waals surface area contributed by atoms with Gasteiger partial charge in [-0.1, -0.05) is 6.07 Å². The number of nitrogens with zero attached hydrogens (tertiary/aromatic N) is 1. The molecule has 1 aromatic carbocycles. The molecule has 7 nitrogen and oxygen atoms in total. The van der Waals surface area contributed by atoms with E-state index in [1.165, 1.54) is 32.4 Å². The molecule has 20 heavy (non-hydrogen) atoms. The molecule has 1 fully saturated rings. The quantitative estimate of drug-likeness (QED) is 0.605. The number of amides is 4. The van der Waals surface area contributed by atoms with E-state index >= 15 is 0 Å². The third-order valence-corrected chi connectivity index (χ3v) is 2.82. The molecule has 1 aliphatic heterocycles. The number of rotatable bonds is 2. The van der Waals surface area contributed by atoms with Gasteiger partial charge in [0.2, 0.25) is 0 Å². The van der Waals surface area contributed by atoms with Crippen LogP contribution in [0.5, 0.6) is 11.5 Å². The molecule has 1 saturated heterocycles. The van der Waals surface area contributed by atoms with Gasteiger partial charge in [-0.05, 0) is 23.8 Å². The van der Waals surface area contributed by atoms with Gasteiger partial charge in [0.1, 0.15) is 5.57 Å². The summed E-state index contributed by atoms with van der Waals surface area (Å²) in [5, 5.41) is 11.7. The number of barbiturate groups is 1. The van der Waals surface area contributed by atoms with Crippen molar-refractivity contribution in [1.29, 1.82) is 0 Å². The smallest absolute Gasteiger partial charge is 0.331 e. The highest BCUT2D eigenvalue weighted by Crippen LogP contribution is 2.27. The third kappa shape index (κ3) is 2.33. The lowest BCUT2D eigenvalue weighted by atomic mass is 10.1. The maximum atomic E-state index is 11.8. The van der Waals surface area contributed by atoms with Crippen LogP contribution >= 0.6 is 0 Å². The summed E-state index contributed by atoms with van der Waals surface area (Å²) in [6.07, 6.45) is 1.29. The van der Waals surface area contributed by atoms with E-state index in [9.17, 15) is 19.5 Å². The lowest BCUT2D eigenvalue weighted by Crippen LogP contribution is -2.52. The topological polar surface area (TPSA) is 95.9 Å². The standard InChI is InChI=1S/C13H12N2O5/c1-15-12(18)8(11(17)14-13(15)19)5-7-3-4-10(20-2)9(16)6-7/h3-6,16H,1-2H3,(H,14,17,19). The summed E-state index contributed by atoms with van der Waals surface area (Å²) < 4.78 is 4.89. The predicted octanol–water partition coefficient (Wildman–Crippen LogP) is 0.492. The molecule has 0 radical (unpaired) electrons. The second-order valence-corrected chi connectivity index (χ2v) is 4.11. The summed E-state index contributed by atoms with van der Waals surface area (Å²) >= 11 is 0. The molecule has 2 rings (SSSR count). The van der Waals surface area contributed by atoms with Crippen LogP contribution in [0.3, 0.4) is 0 Å². The molecule has 7 heteroatoms. The summed E-state index contributed by atoms with van der Waals surface area (Å²) in [5.74, 6) is -1.31. The van der Waals surface area contributed by atoms with Crippen LogP contribution in [0.25, 0.3) is 6.08 Å². The third-order valence-electron chi connectivity index (χ3n) is 2.82. The number of ether oxygens (including phenoxy) is 1. The van der Waals surface area contributed by atoms with Gasteiger partial charge >= 0.3 is 6.03 Å². The number of carbonyl (C=O) groups excluding carboxylic acids is 3. The van der Waals surface area contributed by atoms with Gasteiger partial charge in [-0.15, -0.1) is 0 Å². The summed E-state index contributed by atoms with van der Waals surface area (Å²) in [7, 11) is 2.68. The van der Waals surface area contributed by atoms with Crippen LogP contribution in [0.2, 0.25) is 0 Å². The zero-order chi connectivity index (χ0) is 14.9. The van der Waals surface area contributed by atoms with Crippen LogP contribution in [0.15, 0.2) is 23.8 Å². The first-order valence-electron chi connectivity index (χ1n) is 5.66. The van der Waals surface area contributed by atoms with Crippen molar-refractivity contribution < 1.29 is 24.2 Å².